The summed E-state index contributed by atoms with van der Waals surface area (Å²) < 4.78 is 4.96. The molecule has 1 aliphatic heterocycles. The number of anilines is 2. The highest BCUT2D eigenvalue weighted by molar-refractivity contribution is 6.11. The summed E-state index contributed by atoms with van der Waals surface area (Å²) in [5.41, 5.74) is 17.6. The molecule has 0 spiro atoms. The third kappa shape index (κ3) is 4.93. The lowest BCUT2D eigenvalue weighted by atomic mass is 9.89. The van der Waals surface area contributed by atoms with E-state index in [4.69, 9.17) is 0 Å². The van der Waals surface area contributed by atoms with Crippen LogP contribution in [-0.4, -0.2) is 15.2 Å². The summed E-state index contributed by atoms with van der Waals surface area (Å²) in [4.78, 5) is 2.57. The molecule has 7 aromatic carbocycles. The molecular formula is C55H41N3. The Kier molecular flexibility index (Phi) is 7.40. The molecule has 3 aliphatic rings. The third-order valence-electron chi connectivity index (χ3n) is 12.8. The molecule has 3 nitrogen and oxygen atoms in total. The van der Waals surface area contributed by atoms with Crippen molar-refractivity contribution >= 4 is 50.2 Å². The standard InChI is InChI=1S/C55H41N3/c1-36-15-13-24-46-43-21-6-11-27-51(43)57(55(36)46)41-19-14-18-40(35-41)56-50-26-10-7-22-44(50)47-33-38(29-31-53(47)56)39-30-32-54-48(34-39)45-23-8-12-28-52(45)58(54)49-25-9-5-20-42(49)37-16-3-2-4-17-37/h2-14,16-36,44,50H,15H2,1H3. The summed E-state index contributed by atoms with van der Waals surface area (Å²) in [6.07, 6.45) is 14.9. The summed E-state index contributed by atoms with van der Waals surface area (Å²) in [5.74, 6) is 0.702. The second kappa shape index (κ2) is 13.0. The van der Waals surface area contributed by atoms with Crippen LogP contribution < -0.4 is 4.90 Å². The fourth-order valence-corrected chi connectivity index (χ4v) is 10.3. The van der Waals surface area contributed by atoms with Gasteiger partial charge in [0, 0.05) is 61.9 Å². The van der Waals surface area contributed by atoms with Crippen LogP contribution in [0, 0.1) is 0 Å². The van der Waals surface area contributed by atoms with E-state index < -0.39 is 0 Å². The Balaban J connectivity index is 0.971. The van der Waals surface area contributed by atoms with Gasteiger partial charge in [-0.1, -0.05) is 147 Å². The highest BCUT2D eigenvalue weighted by atomic mass is 15.2. The summed E-state index contributed by atoms with van der Waals surface area (Å²) in [7, 11) is 0. The van der Waals surface area contributed by atoms with Crippen LogP contribution in [0.4, 0.5) is 11.4 Å². The smallest absolute Gasteiger partial charge is 0.0629 e. The van der Waals surface area contributed by atoms with Crippen molar-refractivity contribution in [3.8, 4) is 33.6 Å². The van der Waals surface area contributed by atoms with Crippen molar-refractivity contribution < 1.29 is 0 Å². The van der Waals surface area contributed by atoms with Crippen LogP contribution >= 0.6 is 0 Å². The molecule has 0 saturated heterocycles. The average Bonchev–Trinajstić information content (AvgIpc) is 3.93. The molecule has 3 heterocycles. The van der Waals surface area contributed by atoms with Crippen LogP contribution in [0.3, 0.4) is 0 Å². The number of aromatic nitrogens is 2. The molecule has 3 atom stereocenters. The molecule has 2 aliphatic carbocycles. The highest BCUT2D eigenvalue weighted by Crippen LogP contribution is 2.50. The van der Waals surface area contributed by atoms with Crippen LogP contribution in [0.25, 0.3) is 72.4 Å². The Morgan fingerprint density at radius 2 is 1.21 bits per heavy atom. The maximum Gasteiger partial charge on any atom is 0.0629 e. The minimum absolute atomic E-state index is 0.202. The first-order valence-electron chi connectivity index (χ1n) is 20.6. The van der Waals surface area contributed by atoms with Crippen LogP contribution in [0.1, 0.15) is 42.0 Å². The maximum absolute atomic E-state index is 2.57. The minimum Gasteiger partial charge on any atom is -0.333 e. The van der Waals surface area contributed by atoms with Crippen molar-refractivity contribution in [1.29, 1.82) is 0 Å². The molecule has 0 fully saturated rings. The van der Waals surface area contributed by atoms with E-state index in [-0.39, 0.29) is 12.0 Å². The molecule has 3 unspecified atom stereocenters. The van der Waals surface area contributed by atoms with E-state index in [1.807, 2.05) is 0 Å². The average molecular weight is 744 g/mol. The lowest BCUT2D eigenvalue weighted by Crippen LogP contribution is -2.28. The number of para-hydroxylation sites is 3. The van der Waals surface area contributed by atoms with E-state index in [9.17, 15) is 0 Å². The second-order valence-corrected chi connectivity index (χ2v) is 16.1. The predicted molar refractivity (Wildman–Crippen MR) is 244 cm³/mol. The maximum atomic E-state index is 2.57. The van der Waals surface area contributed by atoms with Crippen molar-refractivity contribution in [1.82, 2.24) is 9.13 Å². The van der Waals surface area contributed by atoms with Crippen LogP contribution in [0.5, 0.6) is 0 Å². The number of allylic oxidation sites excluding steroid dienone is 3. The molecule has 2 aromatic heterocycles. The van der Waals surface area contributed by atoms with E-state index in [1.165, 1.54) is 94.5 Å². The van der Waals surface area contributed by atoms with Crippen LogP contribution in [0.2, 0.25) is 0 Å². The fourth-order valence-electron chi connectivity index (χ4n) is 10.3. The number of benzene rings is 7. The van der Waals surface area contributed by atoms with Gasteiger partial charge in [-0.25, -0.2) is 0 Å². The van der Waals surface area contributed by atoms with E-state index in [1.54, 1.807) is 0 Å². The quantitative estimate of drug-likeness (QED) is 0.171. The number of hydrogen-bond acceptors (Lipinski definition) is 1. The van der Waals surface area contributed by atoms with Crippen molar-refractivity contribution in [3.63, 3.8) is 0 Å². The zero-order chi connectivity index (χ0) is 38.3. The molecule has 3 heteroatoms. The van der Waals surface area contributed by atoms with E-state index >= 15 is 0 Å². The summed E-state index contributed by atoms with van der Waals surface area (Å²) >= 11 is 0. The number of fused-ring (bicyclic) bond motifs is 9. The predicted octanol–water partition coefficient (Wildman–Crippen LogP) is 14.3. The molecule has 0 N–H and O–H groups in total. The Morgan fingerprint density at radius 1 is 0.500 bits per heavy atom. The third-order valence-corrected chi connectivity index (χ3v) is 12.8. The Morgan fingerprint density at radius 3 is 2.10 bits per heavy atom. The van der Waals surface area contributed by atoms with Crippen molar-refractivity contribution in [3.05, 3.63) is 211 Å². The van der Waals surface area contributed by atoms with Gasteiger partial charge in [0.05, 0.1) is 28.3 Å². The molecule has 12 rings (SSSR count). The molecular weight excluding hydrogens is 703 g/mol. The number of rotatable bonds is 5. The Hall–Kier alpha value is -7.10. The fraction of sp³-hybridized carbons (Fsp3) is 0.0909. The SMILES string of the molecule is CC1CC=Cc2c1n(-c1cccc(N3c4ccc(-c5ccc6c(c5)c5ccccc5n6-c5ccccc5-c5ccccc5)cc4C4C=CC=CC43)c1)c1ccccc21. The van der Waals surface area contributed by atoms with Crippen LogP contribution in [-0.2, 0) is 0 Å². The normalized spacial score (nSPS) is 17.9. The summed E-state index contributed by atoms with van der Waals surface area (Å²) in [6, 6.07) is 60.8. The zero-order valence-electron chi connectivity index (χ0n) is 32.3. The van der Waals surface area contributed by atoms with E-state index in [0.717, 1.165) is 6.42 Å². The van der Waals surface area contributed by atoms with Gasteiger partial charge in [-0.05, 0) is 89.3 Å². The van der Waals surface area contributed by atoms with Gasteiger partial charge < -0.3 is 14.0 Å². The van der Waals surface area contributed by atoms with Gasteiger partial charge in [0.15, 0.2) is 0 Å². The first-order valence-corrected chi connectivity index (χ1v) is 20.6. The van der Waals surface area contributed by atoms with Crippen molar-refractivity contribution in [2.24, 2.45) is 0 Å². The molecule has 0 bridgehead atoms. The van der Waals surface area contributed by atoms with Gasteiger partial charge in [-0.3, -0.25) is 0 Å². The molecule has 276 valence electrons. The Labute approximate surface area is 338 Å². The van der Waals surface area contributed by atoms with Gasteiger partial charge in [-0.15, -0.1) is 0 Å². The highest BCUT2D eigenvalue weighted by Gasteiger charge is 2.38. The molecule has 58 heavy (non-hydrogen) atoms. The minimum atomic E-state index is 0.202. The lowest BCUT2D eigenvalue weighted by Gasteiger charge is -2.29. The largest absolute Gasteiger partial charge is 0.333 e. The number of hydrogen-bond donors (Lipinski definition) is 0. The van der Waals surface area contributed by atoms with Gasteiger partial charge in [-0.2, -0.15) is 0 Å². The first-order chi connectivity index (χ1) is 28.7. The molecule has 0 radical (unpaired) electrons. The topological polar surface area (TPSA) is 13.1 Å². The Bertz CT molecular complexity index is 3190. The summed E-state index contributed by atoms with van der Waals surface area (Å²) in [5, 5.41) is 3.85. The van der Waals surface area contributed by atoms with Gasteiger partial charge in [0.2, 0.25) is 0 Å². The van der Waals surface area contributed by atoms with E-state index in [0.29, 0.717) is 5.92 Å². The number of nitrogens with zero attached hydrogens (tertiary/aromatic N) is 3. The van der Waals surface area contributed by atoms with Crippen molar-refractivity contribution in [2.75, 3.05) is 4.90 Å². The zero-order valence-corrected chi connectivity index (χ0v) is 32.3. The summed E-state index contributed by atoms with van der Waals surface area (Å²) in [6.45, 7) is 2.36. The molecule has 0 saturated carbocycles. The van der Waals surface area contributed by atoms with Gasteiger partial charge in [0.1, 0.15) is 0 Å². The monoisotopic (exact) mass is 743 g/mol. The lowest BCUT2D eigenvalue weighted by molar-refractivity contribution is 0.722. The second-order valence-electron chi connectivity index (χ2n) is 16.1. The first kappa shape index (κ1) is 33.1. The van der Waals surface area contributed by atoms with Crippen molar-refractivity contribution in [2.45, 2.75) is 31.2 Å². The molecule has 0 amide bonds. The van der Waals surface area contributed by atoms with Gasteiger partial charge >= 0.3 is 0 Å². The van der Waals surface area contributed by atoms with E-state index in [2.05, 4.69) is 221 Å². The van der Waals surface area contributed by atoms with Crippen LogP contribution in [0.15, 0.2) is 194 Å². The van der Waals surface area contributed by atoms with Gasteiger partial charge in [0.25, 0.3) is 0 Å². The molecule has 9 aromatic rings.